The molecule has 0 aliphatic rings. The third-order valence-electron chi connectivity index (χ3n) is 1.26. The van der Waals surface area contributed by atoms with Gasteiger partial charge in [0.25, 0.3) is 0 Å². The monoisotopic (exact) mass is 157 g/mol. The fourth-order valence-corrected chi connectivity index (χ4v) is 0.814. The van der Waals surface area contributed by atoms with Gasteiger partial charge in [-0.05, 0) is 6.92 Å². The molecule has 0 aliphatic carbocycles. The first-order valence-corrected chi connectivity index (χ1v) is 3.28. The minimum absolute atomic E-state index is 0.499. The van der Waals surface area contributed by atoms with Crippen LogP contribution in [0, 0.1) is 6.92 Å². The van der Waals surface area contributed by atoms with Gasteiger partial charge in [-0.25, -0.2) is 9.97 Å². The maximum atomic E-state index is 5.70. The Morgan fingerprint density at radius 3 is 2.70 bits per heavy atom. The Hall–Kier alpha value is -0.830. The van der Waals surface area contributed by atoms with E-state index in [-0.39, 0.29) is 0 Å². The van der Waals surface area contributed by atoms with Crippen LogP contribution in [0.5, 0.6) is 0 Å². The summed E-state index contributed by atoms with van der Waals surface area (Å²) in [6.07, 6.45) is 1.43. The van der Waals surface area contributed by atoms with Crippen molar-refractivity contribution in [3.8, 4) is 0 Å². The Morgan fingerprint density at radius 1 is 1.50 bits per heavy atom. The van der Waals surface area contributed by atoms with Crippen LogP contribution < -0.4 is 5.32 Å². The van der Waals surface area contributed by atoms with Crippen molar-refractivity contribution in [3.63, 3.8) is 0 Å². The maximum Gasteiger partial charge on any atom is 0.137 e. The molecule has 10 heavy (non-hydrogen) atoms. The zero-order valence-electron chi connectivity index (χ0n) is 5.85. The largest absolute Gasteiger partial charge is 0.373 e. The van der Waals surface area contributed by atoms with Crippen LogP contribution in [-0.4, -0.2) is 17.0 Å². The molecule has 0 bridgehead atoms. The van der Waals surface area contributed by atoms with Crippen molar-refractivity contribution in [1.82, 2.24) is 9.97 Å². The van der Waals surface area contributed by atoms with Crippen molar-refractivity contribution >= 4 is 17.4 Å². The van der Waals surface area contributed by atoms with E-state index in [9.17, 15) is 0 Å². The van der Waals surface area contributed by atoms with Crippen molar-refractivity contribution in [2.24, 2.45) is 0 Å². The molecule has 0 saturated carbocycles. The van der Waals surface area contributed by atoms with Gasteiger partial charge < -0.3 is 5.32 Å². The Morgan fingerprint density at radius 2 is 2.20 bits per heavy atom. The molecule has 0 fully saturated rings. The summed E-state index contributed by atoms with van der Waals surface area (Å²) in [5.41, 5.74) is 0.881. The Bertz CT molecular complexity index is 236. The lowest BCUT2D eigenvalue weighted by Crippen LogP contribution is -1.96. The molecule has 0 aliphatic heterocycles. The highest BCUT2D eigenvalue weighted by molar-refractivity contribution is 6.30. The summed E-state index contributed by atoms with van der Waals surface area (Å²) in [5, 5.41) is 3.40. The second kappa shape index (κ2) is 2.84. The smallest absolute Gasteiger partial charge is 0.137 e. The van der Waals surface area contributed by atoms with E-state index in [2.05, 4.69) is 15.3 Å². The van der Waals surface area contributed by atoms with Gasteiger partial charge in [-0.1, -0.05) is 11.6 Å². The maximum absolute atomic E-state index is 5.70. The highest BCUT2D eigenvalue weighted by Gasteiger charge is 2.00. The second-order valence-electron chi connectivity index (χ2n) is 1.89. The number of hydrogen-bond donors (Lipinski definition) is 1. The van der Waals surface area contributed by atoms with Crippen molar-refractivity contribution in [1.29, 1.82) is 0 Å². The molecular formula is C6H8ClN3. The minimum Gasteiger partial charge on any atom is -0.373 e. The summed E-state index contributed by atoms with van der Waals surface area (Å²) in [6, 6.07) is 0. The molecule has 0 unspecified atom stereocenters. The summed E-state index contributed by atoms with van der Waals surface area (Å²) >= 11 is 5.70. The van der Waals surface area contributed by atoms with Gasteiger partial charge in [0.1, 0.15) is 17.3 Å². The van der Waals surface area contributed by atoms with Gasteiger partial charge in [0.15, 0.2) is 0 Å². The highest BCUT2D eigenvalue weighted by atomic mass is 35.5. The van der Waals surface area contributed by atoms with Gasteiger partial charge in [-0.15, -0.1) is 0 Å². The molecule has 0 atom stereocenters. The van der Waals surface area contributed by atoms with Crippen LogP contribution in [0.4, 0.5) is 5.82 Å². The SMILES string of the molecule is CNc1ncnc(Cl)c1C. The first kappa shape index (κ1) is 7.28. The molecule has 1 heterocycles. The first-order valence-electron chi connectivity index (χ1n) is 2.90. The Kier molecular flexibility index (Phi) is 2.06. The first-order chi connectivity index (χ1) is 4.75. The molecule has 0 spiro atoms. The lowest BCUT2D eigenvalue weighted by atomic mass is 10.3. The van der Waals surface area contributed by atoms with E-state index in [1.165, 1.54) is 6.33 Å². The zero-order chi connectivity index (χ0) is 7.56. The predicted octanol–water partition coefficient (Wildman–Crippen LogP) is 1.48. The van der Waals surface area contributed by atoms with Crippen LogP contribution >= 0.6 is 11.6 Å². The van der Waals surface area contributed by atoms with E-state index in [1.807, 2.05) is 6.92 Å². The molecule has 0 aromatic carbocycles. The molecule has 54 valence electrons. The van der Waals surface area contributed by atoms with E-state index in [0.717, 1.165) is 11.4 Å². The molecule has 0 saturated heterocycles. The topological polar surface area (TPSA) is 37.8 Å². The van der Waals surface area contributed by atoms with Gasteiger partial charge in [0.2, 0.25) is 0 Å². The Balaban J connectivity index is 3.14. The lowest BCUT2D eigenvalue weighted by molar-refractivity contribution is 1.12. The third kappa shape index (κ3) is 1.19. The van der Waals surface area contributed by atoms with E-state index in [1.54, 1.807) is 7.05 Å². The molecule has 1 N–H and O–H groups in total. The quantitative estimate of drug-likeness (QED) is 0.628. The van der Waals surface area contributed by atoms with Crippen molar-refractivity contribution < 1.29 is 0 Å². The normalized spacial score (nSPS) is 9.50. The van der Waals surface area contributed by atoms with Crippen LogP contribution in [0.1, 0.15) is 5.56 Å². The number of nitrogens with one attached hydrogen (secondary N) is 1. The standard InChI is InChI=1S/C6H8ClN3/c1-4-5(7)9-3-10-6(4)8-2/h3H,1-2H3,(H,8,9,10). The second-order valence-corrected chi connectivity index (χ2v) is 2.25. The highest BCUT2D eigenvalue weighted by Crippen LogP contribution is 2.16. The van der Waals surface area contributed by atoms with Crippen LogP contribution in [-0.2, 0) is 0 Å². The van der Waals surface area contributed by atoms with E-state index in [0.29, 0.717) is 5.15 Å². The number of anilines is 1. The van der Waals surface area contributed by atoms with Crippen LogP contribution in [0.25, 0.3) is 0 Å². The summed E-state index contributed by atoms with van der Waals surface area (Å²) in [7, 11) is 1.80. The molecule has 0 radical (unpaired) electrons. The average molecular weight is 158 g/mol. The number of nitrogens with zero attached hydrogens (tertiary/aromatic N) is 2. The summed E-state index contributed by atoms with van der Waals surface area (Å²) < 4.78 is 0. The minimum atomic E-state index is 0.499. The summed E-state index contributed by atoms with van der Waals surface area (Å²) in [6.45, 7) is 1.87. The van der Waals surface area contributed by atoms with Gasteiger partial charge in [-0.2, -0.15) is 0 Å². The lowest BCUT2D eigenvalue weighted by Gasteiger charge is -2.02. The fraction of sp³-hybridized carbons (Fsp3) is 0.333. The molecule has 1 aromatic heterocycles. The molecule has 4 heteroatoms. The fourth-order valence-electron chi connectivity index (χ4n) is 0.681. The van der Waals surface area contributed by atoms with Gasteiger partial charge in [0, 0.05) is 12.6 Å². The van der Waals surface area contributed by atoms with E-state index < -0.39 is 0 Å². The molecule has 1 rings (SSSR count). The third-order valence-corrected chi connectivity index (χ3v) is 1.64. The van der Waals surface area contributed by atoms with Crippen molar-refractivity contribution in [3.05, 3.63) is 17.0 Å². The van der Waals surface area contributed by atoms with Crippen molar-refractivity contribution in [2.75, 3.05) is 12.4 Å². The van der Waals surface area contributed by atoms with Crippen LogP contribution in [0.15, 0.2) is 6.33 Å². The van der Waals surface area contributed by atoms with E-state index >= 15 is 0 Å². The van der Waals surface area contributed by atoms with Gasteiger partial charge >= 0.3 is 0 Å². The predicted molar refractivity (Wildman–Crippen MR) is 41.3 cm³/mol. The summed E-state index contributed by atoms with van der Waals surface area (Å²) in [4.78, 5) is 7.75. The molecule has 0 amide bonds. The molecule has 1 aromatic rings. The van der Waals surface area contributed by atoms with Gasteiger partial charge in [-0.3, -0.25) is 0 Å². The van der Waals surface area contributed by atoms with E-state index in [4.69, 9.17) is 11.6 Å². The zero-order valence-corrected chi connectivity index (χ0v) is 6.61. The number of hydrogen-bond acceptors (Lipinski definition) is 3. The molecular weight excluding hydrogens is 150 g/mol. The number of halogens is 1. The summed E-state index contributed by atoms with van der Waals surface area (Å²) in [5.74, 6) is 0.778. The van der Waals surface area contributed by atoms with Crippen LogP contribution in [0.2, 0.25) is 5.15 Å². The molecule has 3 nitrogen and oxygen atoms in total. The number of aromatic nitrogens is 2. The average Bonchev–Trinajstić information content (AvgIpc) is 1.95. The van der Waals surface area contributed by atoms with Crippen molar-refractivity contribution in [2.45, 2.75) is 6.92 Å². The van der Waals surface area contributed by atoms with Gasteiger partial charge in [0.05, 0.1) is 0 Å². The van der Waals surface area contributed by atoms with Crippen LogP contribution in [0.3, 0.4) is 0 Å². The number of rotatable bonds is 1. The Labute approximate surface area is 64.5 Å².